The first-order valence-electron chi connectivity index (χ1n) is 11.2. The molecule has 0 amide bonds. The summed E-state index contributed by atoms with van der Waals surface area (Å²) in [6.07, 6.45) is 1.19. The maximum absolute atomic E-state index is 14.2. The molecule has 0 bridgehead atoms. The quantitative estimate of drug-likeness (QED) is 0.441. The lowest BCUT2D eigenvalue weighted by atomic mass is 9.82. The average Bonchev–Trinajstić information content (AvgIpc) is 3.50. The van der Waals surface area contributed by atoms with E-state index in [1.165, 1.54) is 6.07 Å². The highest BCUT2D eigenvalue weighted by molar-refractivity contribution is 5.94. The average molecular weight is 467 g/mol. The highest BCUT2D eigenvalue weighted by Gasteiger charge is 2.40. The topological polar surface area (TPSA) is 102 Å². The number of halogens is 1. The molecule has 1 aliphatic heterocycles. The van der Waals surface area contributed by atoms with Gasteiger partial charge in [0.1, 0.15) is 5.82 Å². The lowest BCUT2D eigenvalue weighted by Crippen LogP contribution is -2.29. The molecule has 0 radical (unpaired) electrons. The fourth-order valence-electron chi connectivity index (χ4n) is 5.11. The Kier molecular flexibility index (Phi) is 5.41. The van der Waals surface area contributed by atoms with Crippen LogP contribution in [0.1, 0.15) is 43.0 Å². The van der Waals surface area contributed by atoms with Crippen LogP contribution < -0.4 is 0 Å². The minimum absolute atomic E-state index is 0.176. The van der Waals surface area contributed by atoms with Crippen LogP contribution in [-0.4, -0.2) is 57.3 Å². The van der Waals surface area contributed by atoms with E-state index in [2.05, 4.69) is 28.6 Å². The molecule has 0 saturated carbocycles. The first-order chi connectivity index (χ1) is 16.2. The van der Waals surface area contributed by atoms with Gasteiger partial charge >= 0.3 is 5.97 Å². The van der Waals surface area contributed by atoms with Gasteiger partial charge in [-0.15, -0.1) is 0 Å². The van der Waals surface area contributed by atoms with Crippen LogP contribution in [0.4, 0.5) is 4.39 Å². The molecule has 3 aromatic heterocycles. The number of hydrogen-bond acceptors (Lipinski definition) is 5. The smallest absolute Gasteiger partial charge is 0.332 e. The second-order valence-electron chi connectivity index (χ2n) is 9.60. The van der Waals surface area contributed by atoms with Crippen LogP contribution in [-0.2, 0) is 19.7 Å². The van der Waals surface area contributed by atoms with E-state index in [0.717, 1.165) is 33.4 Å². The summed E-state index contributed by atoms with van der Waals surface area (Å²) in [7, 11) is 1.66. The van der Waals surface area contributed by atoms with Crippen molar-refractivity contribution in [3.05, 3.63) is 53.1 Å². The molecule has 1 aliphatic rings. The molecule has 4 heterocycles. The van der Waals surface area contributed by atoms with Crippen molar-refractivity contribution in [2.45, 2.75) is 44.6 Å². The minimum atomic E-state index is -0.970. The molecule has 34 heavy (non-hydrogen) atoms. The van der Waals surface area contributed by atoms with Crippen molar-refractivity contribution in [3.8, 4) is 5.69 Å². The van der Waals surface area contributed by atoms with E-state index in [4.69, 9.17) is 14.5 Å². The van der Waals surface area contributed by atoms with Gasteiger partial charge in [-0.05, 0) is 43.2 Å². The van der Waals surface area contributed by atoms with Gasteiger partial charge in [0.2, 0.25) is 0 Å². The number of carboxylic acid groups (broad SMARTS) is 1. The van der Waals surface area contributed by atoms with Gasteiger partial charge in [0.25, 0.3) is 0 Å². The van der Waals surface area contributed by atoms with Crippen LogP contribution >= 0.6 is 0 Å². The highest BCUT2D eigenvalue weighted by atomic mass is 19.1. The molecule has 4 aromatic rings. The summed E-state index contributed by atoms with van der Waals surface area (Å²) in [5.74, 6) is -1.42. The third-order valence-electron chi connectivity index (χ3n) is 6.61. The monoisotopic (exact) mass is 466 g/mol. The van der Waals surface area contributed by atoms with Crippen molar-refractivity contribution in [1.82, 2.24) is 19.7 Å². The number of carbonyl (C=O) groups is 1. The van der Waals surface area contributed by atoms with Gasteiger partial charge in [-0.25, -0.2) is 14.2 Å². The molecular weight excluding hydrogens is 439 g/mol. The number of rotatable bonds is 6. The largest absolute Gasteiger partial charge is 0.479 e. The van der Waals surface area contributed by atoms with Crippen molar-refractivity contribution in [3.63, 3.8) is 0 Å². The molecule has 2 unspecified atom stereocenters. The van der Waals surface area contributed by atoms with Gasteiger partial charge in [-0.3, -0.25) is 5.10 Å². The number of aliphatic carboxylic acids is 1. The van der Waals surface area contributed by atoms with E-state index in [0.29, 0.717) is 24.2 Å². The molecule has 0 spiro atoms. The molecule has 0 aliphatic carbocycles. The SMILES string of the molecule is COCC(C)(C)c1c(C2COC(C(=O)O)C2)c2nc3[nH]ncc3cc2n1-c1ccc(F)c(C)c1. The van der Waals surface area contributed by atoms with Crippen molar-refractivity contribution in [1.29, 1.82) is 0 Å². The molecular formula is C25H27FN4O4. The zero-order valence-electron chi connectivity index (χ0n) is 19.6. The lowest BCUT2D eigenvalue weighted by molar-refractivity contribution is -0.147. The first-order valence-corrected chi connectivity index (χ1v) is 11.2. The lowest BCUT2D eigenvalue weighted by Gasteiger charge is -2.29. The van der Waals surface area contributed by atoms with Gasteiger partial charge in [-0.1, -0.05) is 13.8 Å². The Balaban J connectivity index is 1.88. The first kappa shape index (κ1) is 22.5. The number of H-pyrrole nitrogens is 1. The molecule has 1 fully saturated rings. The zero-order chi connectivity index (χ0) is 24.2. The molecule has 8 nitrogen and oxygen atoms in total. The molecule has 9 heteroatoms. The number of methoxy groups -OCH3 is 1. The van der Waals surface area contributed by atoms with Crippen LogP contribution in [0.15, 0.2) is 30.5 Å². The Morgan fingerprint density at radius 3 is 2.85 bits per heavy atom. The Hall–Kier alpha value is -3.30. The van der Waals surface area contributed by atoms with Crippen molar-refractivity contribution in [2.24, 2.45) is 0 Å². The summed E-state index contributed by atoms with van der Waals surface area (Å²) in [5, 5.41) is 17.5. The molecule has 5 rings (SSSR count). The van der Waals surface area contributed by atoms with Gasteiger partial charge in [0.05, 0.1) is 30.4 Å². The number of hydrogen-bond donors (Lipinski definition) is 2. The van der Waals surface area contributed by atoms with E-state index in [1.54, 1.807) is 26.3 Å². The number of aromatic amines is 1. The summed E-state index contributed by atoms with van der Waals surface area (Å²) in [6.45, 7) is 6.60. The van der Waals surface area contributed by atoms with E-state index in [1.807, 2.05) is 12.1 Å². The number of nitrogens with one attached hydrogen (secondary N) is 1. The van der Waals surface area contributed by atoms with E-state index >= 15 is 0 Å². The van der Waals surface area contributed by atoms with E-state index < -0.39 is 17.5 Å². The van der Waals surface area contributed by atoms with Crippen LogP contribution in [0.25, 0.3) is 27.8 Å². The standard InChI is InChI=1S/C25H27FN4O4/c1-13-7-16(5-6-17(13)26)30-18-8-14-10-27-29-23(14)28-21(18)20(22(30)25(2,3)12-33-4)15-9-19(24(31)32)34-11-15/h5-8,10,15,19H,9,11-12H2,1-4H3,(H,31,32)(H,27,28,29). The predicted octanol–water partition coefficient (Wildman–Crippen LogP) is 4.23. The molecule has 2 atom stereocenters. The summed E-state index contributed by atoms with van der Waals surface area (Å²) in [5.41, 5.74) is 4.97. The van der Waals surface area contributed by atoms with E-state index in [9.17, 15) is 14.3 Å². The molecule has 2 N–H and O–H groups in total. The number of aryl methyl sites for hydroxylation is 1. The number of nitrogens with zero attached hydrogens (tertiary/aromatic N) is 3. The summed E-state index contributed by atoms with van der Waals surface area (Å²) in [6, 6.07) is 7.05. The number of pyridine rings is 1. The van der Waals surface area contributed by atoms with Crippen LogP contribution in [0.2, 0.25) is 0 Å². The minimum Gasteiger partial charge on any atom is -0.479 e. The Morgan fingerprint density at radius 1 is 1.38 bits per heavy atom. The van der Waals surface area contributed by atoms with Gasteiger partial charge in [-0.2, -0.15) is 5.10 Å². The zero-order valence-corrected chi connectivity index (χ0v) is 19.6. The van der Waals surface area contributed by atoms with Crippen molar-refractivity contribution >= 4 is 28.0 Å². The molecule has 1 saturated heterocycles. The van der Waals surface area contributed by atoms with Crippen LogP contribution in [0.5, 0.6) is 0 Å². The predicted molar refractivity (Wildman–Crippen MR) is 125 cm³/mol. The molecule has 178 valence electrons. The Bertz CT molecular complexity index is 1410. The second-order valence-corrected chi connectivity index (χ2v) is 9.60. The summed E-state index contributed by atoms with van der Waals surface area (Å²) in [4.78, 5) is 16.6. The molecule has 1 aromatic carbocycles. The summed E-state index contributed by atoms with van der Waals surface area (Å²) < 4.78 is 27.5. The number of benzene rings is 1. The van der Waals surface area contributed by atoms with Crippen molar-refractivity contribution < 1.29 is 23.8 Å². The maximum atomic E-state index is 14.2. The van der Waals surface area contributed by atoms with Gasteiger partial charge in [0, 0.05) is 40.8 Å². The number of ether oxygens (including phenoxy) is 2. The normalized spacial score (nSPS) is 18.9. The maximum Gasteiger partial charge on any atom is 0.332 e. The highest BCUT2D eigenvalue weighted by Crippen LogP contribution is 2.44. The summed E-state index contributed by atoms with van der Waals surface area (Å²) >= 11 is 0. The van der Waals surface area contributed by atoms with Crippen molar-refractivity contribution in [2.75, 3.05) is 20.3 Å². The fourth-order valence-corrected chi connectivity index (χ4v) is 5.11. The van der Waals surface area contributed by atoms with Crippen LogP contribution in [0.3, 0.4) is 0 Å². The Labute approximate surface area is 195 Å². The number of carboxylic acids is 1. The van der Waals surface area contributed by atoms with Gasteiger partial charge in [0.15, 0.2) is 11.8 Å². The van der Waals surface area contributed by atoms with E-state index in [-0.39, 0.29) is 18.3 Å². The van der Waals surface area contributed by atoms with Gasteiger partial charge < -0.3 is 19.1 Å². The second kappa shape index (κ2) is 8.18. The number of aromatic nitrogens is 4. The van der Waals surface area contributed by atoms with Crippen LogP contribution in [0, 0.1) is 12.7 Å². The Morgan fingerprint density at radius 2 is 2.18 bits per heavy atom. The third kappa shape index (κ3) is 3.56. The third-order valence-corrected chi connectivity index (χ3v) is 6.61. The number of fused-ring (bicyclic) bond motifs is 2. The fraction of sp³-hybridized carbons (Fsp3) is 0.400.